The summed E-state index contributed by atoms with van der Waals surface area (Å²) in [6.45, 7) is 29.2. The summed E-state index contributed by atoms with van der Waals surface area (Å²) in [5.41, 5.74) is 3.40. The molecule has 1 fully saturated rings. The van der Waals surface area contributed by atoms with Gasteiger partial charge in [-0.1, -0.05) is 27.7 Å². The summed E-state index contributed by atoms with van der Waals surface area (Å²) < 4.78 is 4.16. The monoisotopic (exact) mass is 431 g/mol. The Labute approximate surface area is 192 Å². The third kappa shape index (κ3) is 8.44. The molecular weight excluding hydrogens is 382 g/mol. The minimum absolute atomic E-state index is 0.102. The first-order valence-electron chi connectivity index (χ1n) is 11.7. The first kappa shape index (κ1) is 27.4. The van der Waals surface area contributed by atoms with Gasteiger partial charge in [0.15, 0.2) is 0 Å². The highest BCUT2D eigenvalue weighted by Gasteiger charge is 2.27. The van der Waals surface area contributed by atoms with Crippen LogP contribution in [-0.4, -0.2) is 42.9 Å². The average molecular weight is 432 g/mol. The van der Waals surface area contributed by atoms with Gasteiger partial charge in [-0.2, -0.15) is 5.10 Å². The van der Waals surface area contributed by atoms with Crippen molar-refractivity contribution in [2.24, 2.45) is 13.0 Å². The standard InChI is InChI=1S/C10H17N.C9H19N.C7H13N3/c1-8-6-7-9(2)11(8)10(3,4)5;1-8-5-6-10(7-8)9(2,3)4;1-7(2,3)6-8-5-9-10(6)4/h6-7H,1-5H3;8H,5-7H2,1-4H3;5H,1-4H3/t;8-;/m.0./s1. The van der Waals surface area contributed by atoms with E-state index in [0.29, 0.717) is 5.54 Å². The number of hydrogen-bond acceptors (Lipinski definition) is 3. The van der Waals surface area contributed by atoms with E-state index in [1.807, 2.05) is 7.05 Å². The van der Waals surface area contributed by atoms with Crippen molar-refractivity contribution in [3.63, 3.8) is 0 Å². The fourth-order valence-electron chi connectivity index (χ4n) is 4.25. The van der Waals surface area contributed by atoms with Crippen molar-refractivity contribution in [1.82, 2.24) is 24.2 Å². The Kier molecular flexibility index (Phi) is 9.14. The van der Waals surface area contributed by atoms with Gasteiger partial charge in [0.1, 0.15) is 12.2 Å². The zero-order chi connectivity index (χ0) is 24.2. The van der Waals surface area contributed by atoms with Crippen LogP contribution in [0.3, 0.4) is 0 Å². The van der Waals surface area contributed by atoms with E-state index in [9.17, 15) is 0 Å². The fourth-order valence-corrected chi connectivity index (χ4v) is 4.25. The lowest BCUT2D eigenvalue weighted by Crippen LogP contribution is -2.39. The highest BCUT2D eigenvalue weighted by atomic mass is 15.3. The van der Waals surface area contributed by atoms with Crippen LogP contribution in [0.2, 0.25) is 0 Å². The summed E-state index contributed by atoms with van der Waals surface area (Å²) >= 11 is 0. The van der Waals surface area contributed by atoms with E-state index in [1.54, 1.807) is 11.0 Å². The summed E-state index contributed by atoms with van der Waals surface area (Å²) in [6.07, 6.45) is 2.97. The number of hydrogen-bond donors (Lipinski definition) is 0. The lowest BCUT2D eigenvalue weighted by molar-refractivity contribution is 0.169. The number of aromatic nitrogens is 4. The molecule has 5 nitrogen and oxygen atoms in total. The Morgan fingerprint density at radius 1 is 0.871 bits per heavy atom. The Morgan fingerprint density at radius 2 is 1.39 bits per heavy atom. The van der Waals surface area contributed by atoms with Gasteiger partial charge in [-0.25, -0.2) is 4.98 Å². The van der Waals surface area contributed by atoms with Crippen LogP contribution in [0.15, 0.2) is 18.5 Å². The first-order chi connectivity index (χ1) is 13.9. The Bertz CT molecular complexity index is 774. The maximum Gasteiger partial charge on any atom is 0.138 e. The second kappa shape index (κ2) is 10.3. The van der Waals surface area contributed by atoms with Crippen molar-refractivity contribution in [3.05, 3.63) is 35.7 Å². The summed E-state index contributed by atoms with van der Waals surface area (Å²) in [7, 11) is 1.91. The predicted octanol–water partition coefficient (Wildman–Crippen LogP) is 6.10. The molecule has 3 heterocycles. The van der Waals surface area contributed by atoms with Crippen LogP contribution in [-0.2, 0) is 18.0 Å². The normalized spacial score (nSPS) is 17.6. The zero-order valence-corrected chi connectivity index (χ0v) is 22.7. The molecule has 3 rings (SSSR count). The molecule has 0 saturated carbocycles. The van der Waals surface area contributed by atoms with Gasteiger partial charge in [-0.05, 0) is 86.4 Å². The molecule has 0 N–H and O–H groups in total. The van der Waals surface area contributed by atoms with E-state index < -0.39 is 0 Å². The first-order valence-corrected chi connectivity index (χ1v) is 11.7. The molecule has 1 aliphatic rings. The molecule has 31 heavy (non-hydrogen) atoms. The third-order valence-corrected chi connectivity index (χ3v) is 5.70. The smallest absolute Gasteiger partial charge is 0.138 e. The molecule has 1 aliphatic heterocycles. The number of rotatable bonds is 0. The molecule has 2 aromatic heterocycles. The maximum absolute atomic E-state index is 4.14. The Balaban J connectivity index is 0.000000233. The predicted molar refractivity (Wildman–Crippen MR) is 134 cm³/mol. The lowest BCUT2D eigenvalue weighted by Gasteiger charge is -2.31. The molecule has 1 atom stereocenters. The number of aryl methyl sites for hydroxylation is 3. The van der Waals surface area contributed by atoms with Crippen molar-refractivity contribution in [2.75, 3.05) is 13.1 Å². The zero-order valence-electron chi connectivity index (χ0n) is 22.7. The highest BCUT2D eigenvalue weighted by Crippen LogP contribution is 2.23. The van der Waals surface area contributed by atoms with Crippen LogP contribution < -0.4 is 0 Å². The third-order valence-electron chi connectivity index (χ3n) is 5.70. The van der Waals surface area contributed by atoms with Crippen LogP contribution in [0.25, 0.3) is 0 Å². The van der Waals surface area contributed by atoms with Gasteiger partial charge in [0.2, 0.25) is 0 Å². The van der Waals surface area contributed by atoms with Gasteiger partial charge >= 0.3 is 0 Å². The largest absolute Gasteiger partial charge is 0.344 e. The molecule has 0 bridgehead atoms. The minimum Gasteiger partial charge on any atom is -0.344 e. The molecule has 0 spiro atoms. The van der Waals surface area contributed by atoms with Gasteiger partial charge in [0.25, 0.3) is 0 Å². The minimum atomic E-state index is 0.102. The van der Waals surface area contributed by atoms with Crippen molar-refractivity contribution in [1.29, 1.82) is 0 Å². The van der Waals surface area contributed by atoms with Gasteiger partial charge in [0.05, 0.1) is 0 Å². The molecule has 0 aliphatic carbocycles. The quantitative estimate of drug-likeness (QED) is 0.506. The number of likely N-dealkylation sites (tertiary alicyclic amines) is 1. The van der Waals surface area contributed by atoms with Gasteiger partial charge in [0, 0.05) is 41.5 Å². The lowest BCUT2D eigenvalue weighted by atomic mass is 9.96. The topological polar surface area (TPSA) is 38.9 Å². The molecule has 0 unspecified atom stereocenters. The van der Waals surface area contributed by atoms with Crippen LogP contribution in [0.5, 0.6) is 0 Å². The van der Waals surface area contributed by atoms with Crippen molar-refractivity contribution >= 4 is 0 Å². The van der Waals surface area contributed by atoms with Crippen LogP contribution in [0.1, 0.15) is 92.9 Å². The summed E-state index contributed by atoms with van der Waals surface area (Å²) in [5, 5.41) is 3.99. The molecule has 0 amide bonds. The molecule has 1 saturated heterocycles. The van der Waals surface area contributed by atoms with E-state index in [0.717, 1.165) is 11.7 Å². The van der Waals surface area contributed by atoms with Gasteiger partial charge < -0.3 is 4.57 Å². The van der Waals surface area contributed by atoms with E-state index in [2.05, 4.69) is 115 Å². The molecule has 0 radical (unpaired) electrons. The molecule has 2 aromatic rings. The molecule has 0 aromatic carbocycles. The molecular formula is C26H49N5. The van der Waals surface area contributed by atoms with Crippen molar-refractivity contribution in [3.8, 4) is 0 Å². The van der Waals surface area contributed by atoms with Gasteiger partial charge in [-0.3, -0.25) is 9.58 Å². The highest BCUT2D eigenvalue weighted by molar-refractivity contribution is 5.16. The van der Waals surface area contributed by atoms with Crippen LogP contribution in [0, 0.1) is 19.8 Å². The van der Waals surface area contributed by atoms with E-state index in [4.69, 9.17) is 0 Å². The summed E-state index contributed by atoms with van der Waals surface area (Å²) in [4.78, 5) is 6.71. The fraction of sp³-hybridized carbons (Fsp3) is 0.769. The number of nitrogens with zero attached hydrogens (tertiary/aromatic N) is 5. The summed E-state index contributed by atoms with van der Waals surface area (Å²) in [5.74, 6) is 1.94. The average Bonchev–Trinajstić information content (AvgIpc) is 3.27. The van der Waals surface area contributed by atoms with Crippen molar-refractivity contribution < 1.29 is 0 Å². The van der Waals surface area contributed by atoms with Crippen LogP contribution in [0.4, 0.5) is 0 Å². The second-order valence-electron chi connectivity index (χ2n) is 12.1. The van der Waals surface area contributed by atoms with Crippen LogP contribution >= 0.6 is 0 Å². The van der Waals surface area contributed by atoms with E-state index in [-0.39, 0.29) is 11.0 Å². The Hall–Kier alpha value is -1.62. The summed E-state index contributed by atoms with van der Waals surface area (Å²) in [6, 6.07) is 4.33. The van der Waals surface area contributed by atoms with E-state index in [1.165, 1.54) is 30.9 Å². The molecule has 5 heteroatoms. The second-order valence-corrected chi connectivity index (χ2v) is 12.1. The van der Waals surface area contributed by atoms with Gasteiger partial charge in [-0.15, -0.1) is 0 Å². The van der Waals surface area contributed by atoms with Crippen molar-refractivity contribution in [2.45, 2.75) is 106 Å². The van der Waals surface area contributed by atoms with E-state index >= 15 is 0 Å². The Morgan fingerprint density at radius 3 is 1.58 bits per heavy atom. The molecule has 178 valence electrons. The maximum atomic E-state index is 4.14. The SMILES string of the molecule is C[C@H]1CCN(C(C)(C)C)C1.Cc1ccc(C)n1C(C)(C)C.Cn1ncnc1C(C)(C)C.